The second-order valence-electron chi connectivity index (χ2n) is 2.38. The predicted octanol–water partition coefficient (Wildman–Crippen LogP) is 0.364. The molecule has 0 aromatic rings. The molecule has 1 rings (SSSR count). The molecule has 1 aliphatic rings. The van der Waals surface area contributed by atoms with E-state index < -0.39 is 12.1 Å². The molecular formula is C6H10FNO2. The van der Waals surface area contributed by atoms with Crippen LogP contribution in [0.2, 0.25) is 0 Å². The smallest absolute Gasteiger partial charge is 0.251 e. The van der Waals surface area contributed by atoms with E-state index in [4.69, 9.17) is 0 Å². The Hall–Kier alpha value is -0.640. The molecule has 1 aliphatic carbocycles. The van der Waals surface area contributed by atoms with E-state index in [1.165, 1.54) is 14.2 Å². The van der Waals surface area contributed by atoms with Gasteiger partial charge in [0.15, 0.2) is 0 Å². The number of halogens is 1. The third-order valence-corrected chi connectivity index (χ3v) is 1.61. The van der Waals surface area contributed by atoms with E-state index in [-0.39, 0.29) is 5.91 Å². The van der Waals surface area contributed by atoms with Gasteiger partial charge in [-0.2, -0.15) is 0 Å². The molecule has 0 heterocycles. The zero-order chi connectivity index (χ0) is 7.72. The van der Waals surface area contributed by atoms with E-state index in [1.807, 2.05) is 0 Å². The monoisotopic (exact) mass is 147 g/mol. The fraction of sp³-hybridized carbons (Fsp3) is 0.833. The first kappa shape index (κ1) is 7.47. The van der Waals surface area contributed by atoms with Crippen LogP contribution in [-0.2, 0) is 9.63 Å². The van der Waals surface area contributed by atoms with Crippen molar-refractivity contribution in [2.45, 2.75) is 12.6 Å². The van der Waals surface area contributed by atoms with Gasteiger partial charge in [-0.1, -0.05) is 0 Å². The van der Waals surface area contributed by atoms with Crippen LogP contribution in [0.5, 0.6) is 0 Å². The number of amides is 1. The van der Waals surface area contributed by atoms with Gasteiger partial charge in [0.1, 0.15) is 6.17 Å². The summed E-state index contributed by atoms with van der Waals surface area (Å²) < 4.78 is 12.2. The molecule has 1 amide bonds. The summed E-state index contributed by atoms with van der Waals surface area (Å²) in [6.45, 7) is 0. The lowest BCUT2D eigenvalue weighted by Crippen LogP contribution is -2.27. The standard InChI is InChI=1S/C6H10FNO2/c1-8(10-2)6(9)4-3-5(4)7/h4-5H,3H2,1-2H3/t4-,5-/m0/s1. The van der Waals surface area contributed by atoms with E-state index in [0.717, 1.165) is 5.06 Å². The summed E-state index contributed by atoms with van der Waals surface area (Å²) in [4.78, 5) is 15.5. The molecule has 1 fully saturated rings. The average Bonchev–Trinajstić information content (AvgIpc) is 2.63. The third kappa shape index (κ3) is 1.26. The third-order valence-electron chi connectivity index (χ3n) is 1.61. The summed E-state index contributed by atoms with van der Waals surface area (Å²) in [6, 6.07) is 0. The molecule has 0 aromatic heterocycles. The Labute approximate surface area is 58.7 Å². The number of alkyl halides is 1. The summed E-state index contributed by atoms with van der Waals surface area (Å²) in [5.41, 5.74) is 0. The Bertz CT molecular complexity index is 145. The highest BCUT2D eigenvalue weighted by atomic mass is 19.1. The van der Waals surface area contributed by atoms with Crippen molar-refractivity contribution in [2.75, 3.05) is 14.2 Å². The van der Waals surface area contributed by atoms with E-state index in [1.54, 1.807) is 0 Å². The number of nitrogens with zero attached hydrogens (tertiary/aromatic N) is 1. The summed E-state index contributed by atoms with van der Waals surface area (Å²) >= 11 is 0. The molecular weight excluding hydrogens is 137 g/mol. The zero-order valence-corrected chi connectivity index (χ0v) is 6.00. The predicted molar refractivity (Wildman–Crippen MR) is 32.8 cm³/mol. The SMILES string of the molecule is CON(C)C(=O)[C@H]1C[C@@H]1F. The van der Waals surface area contributed by atoms with Gasteiger partial charge in [0, 0.05) is 7.05 Å². The number of carbonyl (C=O) groups excluding carboxylic acids is 1. The summed E-state index contributed by atoms with van der Waals surface area (Å²) in [5, 5.41) is 1.06. The lowest BCUT2D eigenvalue weighted by molar-refractivity contribution is -0.170. The fourth-order valence-electron chi connectivity index (χ4n) is 0.743. The first-order chi connectivity index (χ1) is 4.66. The maximum absolute atomic E-state index is 12.2. The summed E-state index contributed by atoms with van der Waals surface area (Å²) in [5.74, 6) is -0.708. The normalized spacial score (nSPS) is 29.9. The molecule has 10 heavy (non-hydrogen) atoms. The van der Waals surface area contributed by atoms with Gasteiger partial charge in [0.2, 0.25) is 0 Å². The lowest BCUT2D eigenvalue weighted by atomic mass is 10.4. The van der Waals surface area contributed by atoms with Crippen molar-refractivity contribution in [2.24, 2.45) is 5.92 Å². The van der Waals surface area contributed by atoms with Gasteiger partial charge < -0.3 is 0 Å². The molecule has 3 nitrogen and oxygen atoms in total. The minimum absolute atomic E-state index is 0.269. The van der Waals surface area contributed by atoms with Crippen LogP contribution >= 0.6 is 0 Å². The minimum Gasteiger partial charge on any atom is -0.275 e. The minimum atomic E-state index is -0.940. The highest BCUT2D eigenvalue weighted by Crippen LogP contribution is 2.34. The lowest BCUT2D eigenvalue weighted by Gasteiger charge is -2.11. The highest BCUT2D eigenvalue weighted by Gasteiger charge is 2.45. The Balaban J connectivity index is 2.35. The van der Waals surface area contributed by atoms with Crippen LogP contribution in [0.25, 0.3) is 0 Å². The van der Waals surface area contributed by atoms with Crippen LogP contribution in [0.15, 0.2) is 0 Å². The topological polar surface area (TPSA) is 29.5 Å². The number of carbonyl (C=O) groups is 1. The Kier molecular flexibility index (Phi) is 1.89. The first-order valence-corrected chi connectivity index (χ1v) is 3.12. The van der Waals surface area contributed by atoms with Crippen molar-refractivity contribution in [1.29, 1.82) is 0 Å². The second kappa shape index (κ2) is 2.54. The van der Waals surface area contributed by atoms with Gasteiger partial charge in [-0.05, 0) is 6.42 Å². The molecule has 0 unspecified atom stereocenters. The fourth-order valence-corrected chi connectivity index (χ4v) is 0.743. The number of hydroxylamine groups is 2. The Morgan fingerprint density at radius 3 is 2.60 bits per heavy atom. The average molecular weight is 147 g/mol. The molecule has 0 N–H and O–H groups in total. The molecule has 58 valence electrons. The zero-order valence-electron chi connectivity index (χ0n) is 6.00. The van der Waals surface area contributed by atoms with Gasteiger partial charge in [-0.3, -0.25) is 9.63 Å². The summed E-state index contributed by atoms with van der Waals surface area (Å²) in [6.07, 6.45) is -0.586. The van der Waals surface area contributed by atoms with Crippen LogP contribution in [0, 0.1) is 5.92 Å². The van der Waals surface area contributed by atoms with Crippen LogP contribution in [0.3, 0.4) is 0 Å². The molecule has 0 spiro atoms. The second-order valence-corrected chi connectivity index (χ2v) is 2.38. The molecule has 1 saturated carbocycles. The van der Waals surface area contributed by atoms with Gasteiger partial charge in [0.25, 0.3) is 5.91 Å². The molecule has 2 atom stereocenters. The van der Waals surface area contributed by atoms with Crippen molar-refractivity contribution in [3.8, 4) is 0 Å². The van der Waals surface area contributed by atoms with Gasteiger partial charge in [-0.25, -0.2) is 9.45 Å². The van der Waals surface area contributed by atoms with E-state index in [2.05, 4.69) is 4.84 Å². The van der Waals surface area contributed by atoms with E-state index in [0.29, 0.717) is 6.42 Å². The highest BCUT2D eigenvalue weighted by molar-refractivity contribution is 5.80. The van der Waals surface area contributed by atoms with Crippen molar-refractivity contribution in [3.63, 3.8) is 0 Å². The van der Waals surface area contributed by atoms with Crippen LogP contribution in [0.4, 0.5) is 4.39 Å². The maximum atomic E-state index is 12.2. The van der Waals surface area contributed by atoms with Crippen molar-refractivity contribution < 1.29 is 14.0 Å². The van der Waals surface area contributed by atoms with Gasteiger partial charge in [0.05, 0.1) is 13.0 Å². The van der Waals surface area contributed by atoms with Crippen LogP contribution in [-0.4, -0.2) is 31.3 Å². The summed E-state index contributed by atoms with van der Waals surface area (Å²) in [7, 11) is 2.86. The maximum Gasteiger partial charge on any atom is 0.251 e. The first-order valence-electron chi connectivity index (χ1n) is 3.12. The Morgan fingerprint density at radius 1 is 1.80 bits per heavy atom. The number of hydrogen-bond acceptors (Lipinski definition) is 2. The van der Waals surface area contributed by atoms with E-state index >= 15 is 0 Å². The number of rotatable bonds is 2. The quantitative estimate of drug-likeness (QED) is 0.528. The molecule has 0 saturated heterocycles. The van der Waals surface area contributed by atoms with Crippen LogP contribution in [0.1, 0.15) is 6.42 Å². The molecule has 4 heteroatoms. The van der Waals surface area contributed by atoms with Crippen molar-refractivity contribution >= 4 is 5.91 Å². The van der Waals surface area contributed by atoms with Crippen LogP contribution < -0.4 is 0 Å². The number of hydrogen-bond donors (Lipinski definition) is 0. The van der Waals surface area contributed by atoms with Crippen molar-refractivity contribution in [3.05, 3.63) is 0 Å². The van der Waals surface area contributed by atoms with Gasteiger partial charge in [-0.15, -0.1) is 0 Å². The molecule has 0 bridgehead atoms. The Morgan fingerprint density at radius 2 is 2.30 bits per heavy atom. The molecule has 0 radical (unpaired) electrons. The largest absolute Gasteiger partial charge is 0.275 e. The van der Waals surface area contributed by atoms with Gasteiger partial charge >= 0.3 is 0 Å². The molecule has 0 aliphatic heterocycles. The molecule has 0 aromatic carbocycles. The van der Waals surface area contributed by atoms with Crippen molar-refractivity contribution in [1.82, 2.24) is 5.06 Å². The van der Waals surface area contributed by atoms with E-state index in [9.17, 15) is 9.18 Å².